The molecule has 36 heavy (non-hydrogen) atoms. The fraction of sp³-hybridized carbons (Fsp3) is 0.308. The first kappa shape index (κ1) is 27.0. The Hall–Kier alpha value is -3.56. The number of pyridine rings is 1. The third-order valence-electron chi connectivity index (χ3n) is 5.56. The lowest BCUT2D eigenvalue weighted by atomic mass is 10.0. The molecule has 0 N–H and O–H groups in total. The van der Waals surface area contributed by atoms with Crippen LogP contribution < -0.4 is 4.74 Å². The summed E-state index contributed by atoms with van der Waals surface area (Å²) < 4.78 is 85.4. The van der Waals surface area contributed by atoms with Crippen molar-refractivity contribution in [3.63, 3.8) is 0 Å². The molecule has 3 rings (SSSR count). The molecule has 1 heterocycles. The van der Waals surface area contributed by atoms with Crippen molar-refractivity contribution in [3.05, 3.63) is 94.7 Å². The maximum Gasteiger partial charge on any atom is 0.416 e. The standard InChI is InChI=1S/C26H24F6N2O2/c1-3-17(2)34(15-19-12-20(25(27,28)29)14-21(13-19)26(30,31)32)24(35)22-10-7-11-23(33-22)36-16-18-8-5-4-6-9-18/h4-14,17H,3,15-16H2,1-2H3. The second-order valence-electron chi connectivity index (χ2n) is 8.24. The predicted octanol–water partition coefficient (Wildman–Crippen LogP) is 7.14. The van der Waals surface area contributed by atoms with Gasteiger partial charge in [0.15, 0.2) is 0 Å². The summed E-state index contributed by atoms with van der Waals surface area (Å²) in [6.45, 7) is 3.15. The van der Waals surface area contributed by atoms with E-state index in [9.17, 15) is 31.1 Å². The predicted molar refractivity (Wildman–Crippen MR) is 121 cm³/mol. The number of rotatable bonds is 8. The van der Waals surface area contributed by atoms with E-state index < -0.39 is 42.0 Å². The number of aromatic nitrogens is 1. The molecule has 0 saturated carbocycles. The zero-order valence-corrected chi connectivity index (χ0v) is 19.5. The number of carbonyl (C=O) groups is 1. The van der Waals surface area contributed by atoms with Crippen molar-refractivity contribution < 1.29 is 35.9 Å². The van der Waals surface area contributed by atoms with E-state index in [0.717, 1.165) is 5.56 Å². The zero-order valence-electron chi connectivity index (χ0n) is 19.5. The van der Waals surface area contributed by atoms with E-state index in [-0.39, 0.29) is 29.8 Å². The third kappa shape index (κ3) is 6.99. The molecule has 1 unspecified atom stereocenters. The van der Waals surface area contributed by atoms with Crippen LogP contribution >= 0.6 is 0 Å². The second kappa shape index (κ2) is 11.0. The molecule has 0 aliphatic heterocycles. The number of hydrogen-bond donors (Lipinski definition) is 0. The Kier molecular flexibility index (Phi) is 8.27. The summed E-state index contributed by atoms with van der Waals surface area (Å²) in [6, 6.07) is 14.6. The largest absolute Gasteiger partial charge is 0.473 e. The van der Waals surface area contributed by atoms with Gasteiger partial charge in [0.1, 0.15) is 12.3 Å². The molecule has 192 valence electrons. The topological polar surface area (TPSA) is 42.4 Å². The first-order chi connectivity index (χ1) is 16.9. The van der Waals surface area contributed by atoms with Gasteiger partial charge in [0, 0.05) is 18.7 Å². The van der Waals surface area contributed by atoms with Gasteiger partial charge in [-0.1, -0.05) is 43.3 Å². The molecule has 2 aromatic carbocycles. The monoisotopic (exact) mass is 510 g/mol. The Bertz CT molecular complexity index is 1150. The minimum Gasteiger partial charge on any atom is -0.473 e. The number of carbonyl (C=O) groups excluding carboxylic acids is 1. The molecule has 10 heteroatoms. The number of alkyl halides is 6. The van der Waals surface area contributed by atoms with Crippen molar-refractivity contribution in [1.82, 2.24) is 9.88 Å². The Morgan fingerprint density at radius 2 is 1.50 bits per heavy atom. The van der Waals surface area contributed by atoms with Crippen LogP contribution in [0.4, 0.5) is 26.3 Å². The molecule has 0 aliphatic rings. The van der Waals surface area contributed by atoms with Crippen LogP contribution in [-0.4, -0.2) is 21.8 Å². The van der Waals surface area contributed by atoms with Crippen LogP contribution in [0.25, 0.3) is 0 Å². The molecule has 3 aromatic rings. The summed E-state index contributed by atoms with van der Waals surface area (Å²) in [5.41, 5.74) is -2.31. The maximum atomic E-state index is 13.3. The Labute approximate surface area is 204 Å². The van der Waals surface area contributed by atoms with Crippen LogP contribution in [0.3, 0.4) is 0 Å². The Morgan fingerprint density at radius 3 is 2.06 bits per heavy atom. The van der Waals surface area contributed by atoms with Gasteiger partial charge in [0.2, 0.25) is 5.88 Å². The highest BCUT2D eigenvalue weighted by Crippen LogP contribution is 2.36. The van der Waals surface area contributed by atoms with Crippen molar-refractivity contribution in [2.45, 2.75) is 51.8 Å². The number of benzene rings is 2. The summed E-state index contributed by atoms with van der Waals surface area (Å²) in [6.07, 6.45) is -9.54. The first-order valence-electron chi connectivity index (χ1n) is 11.1. The van der Waals surface area contributed by atoms with Gasteiger partial charge in [0.25, 0.3) is 5.91 Å². The highest BCUT2D eigenvalue weighted by Gasteiger charge is 2.37. The highest BCUT2D eigenvalue weighted by atomic mass is 19.4. The van der Waals surface area contributed by atoms with Gasteiger partial charge in [-0.05, 0) is 48.7 Å². The van der Waals surface area contributed by atoms with Gasteiger partial charge in [-0.25, -0.2) is 4.98 Å². The normalized spacial score (nSPS) is 12.8. The first-order valence-corrected chi connectivity index (χ1v) is 11.1. The summed E-state index contributed by atoms with van der Waals surface area (Å²) in [5, 5.41) is 0. The quantitative estimate of drug-likeness (QED) is 0.303. The third-order valence-corrected chi connectivity index (χ3v) is 5.56. The molecule has 0 saturated heterocycles. The van der Waals surface area contributed by atoms with E-state index in [4.69, 9.17) is 4.74 Å². The minimum absolute atomic E-state index is 0.0381. The number of amides is 1. The van der Waals surface area contributed by atoms with Crippen molar-refractivity contribution in [2.75, 3.05) is 0 Å². The Morgan fingerprint density at radius 1 is 0.889 bits per heavy atom. The molecule has 0 aliphatic carbocycles. The van der Waals surface area contributed by atoms with Crippen molar-refractivity contribution >= 4 is 5.91 Å². The van der Waals surface area contributed by atoms with Crippen molar-refractivity contribution in [3.8, 4) is 5.88 Å². The fourth-order valence-corrected chi connectivity index (χ4v) is 3.45. The molecule has 1 amide bonds. The van der Waals surface area contributed by atoms with Crippen LogP contribution in [0.15, 0.2) is 66.7 Å². The SMILES string of the molecule is CCC(C)N(Cc1cc(C(F)(F)F)cc(C(F)(F)F)c1)C(=O)c1cccc(OCc2ccccc2)n1. The second-order valence-corrected chi connectivity index (χ2v) is 8.24. The molecule has 4 nitrogen and oxygen atoms in total. The molecule has 0 radical (unpaired) electrons. The van der Waals surface area contributed by atoms with E-state index >= 15 is 0 Å². The van der Waals surface area contributed by atoms with E-state index in [1.54, 1.807) is 26.0 Å². The Balaban J connectivity index is 1.89. The maximum absolute atomic E-state index is 13.3. The fourth-order valence-electron chi connectivity index (χ4n) is 3.45. The lowest BCUT2D eigenvalue weighted by Gasteiger charge is -2.29. The van der Waals surface area contributed by atoms with E-state index in [2.05, 4.69) is 4.98 Å². The molecule has 1 atom stereocenters. The number of ether oxygens (including phenoxy) is 1. The number of hydrogen-bond acceptors (Lipinski definition) is 3. The molecule has 0 spiro atoms. The minimum atomic E-state index is -4.98. The van der Waals surface area contributed by atoms with Gasteiger partial charge in [0.05, 0.1) is 11.1 Å². The molecule has 1 aromatic heterocycles. The smallest absolute Gasteiger partial charge is 0.416 e. The molecular formula is C26H24F6N2O2. The van der Waals surface area contributed by atoms with Crippen LogP contribution in [0.2, 0.25) is 0 Å². The number of halogens is 6. The van der Waals surface area contributed by atoms with Crippen molar-refractivity contribution in [1.29, 1.82) is 0 Å². The van der Waals surface area contributed by atoms with E-state index in [0.29, 0.717) is 18.6 Å². The van der Waals surface area contributed by atoms with Crippen LogP contribution in [0, 0.1) is 0 Å². The van der Waals surface area contributed by atoms with E-state index in [1.165, 1.54) is 11.0 Å². The van der Waals surface area contributed by atoms with Gasteiger partial charge < -0.3 is 9.64 Å². The molecule has 0 bridgehead atoms. The van der Waals surface area contributed by atoms with Gasteiger partial charge in [-0.3, -0.25) is 4.79 Å². The lowest BCUT2D eigenvalue weighted by molar-refractivity contribution is -0.143. The summed E-state index contributed by atoms with van der Waals surface area (Å²) in [4.78, 5) is 18.7. The zero-order chi connectivity index (χ0) is 26.5. The summed E-state index contributed by atoms with van der Waals surface area (Å²) >= 11 is 0. The average molecular weight is 510 g/mol. The van der Waals surface area contributed by atoms with Gasteiger partial charge in [-0.2, -0.15) is 26.3 Å². The van der Waals surface area contributed by atoms with Crippen molar-refractivity contribution in [2.24, 2.45) is 0 Å². The van der Waals surface area contributed by atoms with Crippen LogP contribution in [0.5, 0.6) is 5.88 Å². The highest BCUT2D eigenvalue weighted by molar-refractivity contribution is 5.92. The number of nitrogens with zero attached hydrogens (tertiary/aromatic N) is 2. The van der Waals surface area contributed by atoms with Crippen LogP contribution in [-0.2, 0) is 25.5 Å². The summed E-state index contributed by atoms with van der Waals surface area (Å²) in [7, 11) is 0. The molecule has 0 fully saturated rings. The van der Waals surface area contributed by atoms with Crippen LogP contribution in [0.1, 0.15) is 53.0 Å². The van der Waals surface area contributed by atoms with Gasteiger partial charge >= 0.3 is 12.4 Å². The van der Waals surface area contributed by atoms with E-state index in [1.807, 2.05) is 30.3 Å². The lowest BCUT2D eigenvalue weighted by Crippen LogP contribution is -2.38. The van der Waals surface area contributed by atoms with Gasteiger partial charge in [-0.15, -0.1) is 0 Å². The summed E-state index contributed by atoms with van der Waals surface area (Å²) in [5.74, 6) is -0.479. The molecular weight excluding hydrogens is 486 g/mol. The average Bonchev–Trinajstić information content (AvgIpc) is 2.84.